The maximum Gasteiger partial charge on any atom is 0.150 e. The van der Waals surface area contributed by atoms with Gasteiger partial charge in [-0.05, 0) is 39.0 Å². The molecule has 0 aromatic carbocycles. The quantitative estimate of drug-likeness (QED) is 0.831. The molecule has 132 valence electrons. The standard InChI is InChI=1S/C18H25N7/c1-12-17(18(21)25(24-12)16-5-3-2-4-6-16)23-22-15-8-7-13(10-19)14(9-15)11-20/h13-16H,2-9,21H2,1H3. The highest BCUT2D eigenvalue weighted by Crippen LogP contribution is 2.36. The molecular formula is C18H25N7. The van der Waals surface area contributed by atoms with E-state index in [1.807, 2.05) is 11.6 Å². The third-order valence-electron chi connectivity index (χ3n) is 5.49. The highest BCUT2D eigenvalue weighted by atomic mass is 15.4. The van der Waals surface area contributed by atoms with Crippen molar-refractivity contribution in [2.24, 2.45) is 22.1 Å². The molecule has 2 aliphatic carbocycles. The zero-order valence-corrected chi connectivity index (χ0v) is 14.7. The normalized spacial score (nSPS) is 27.9. The predicted molar refractivity (Wildman–Crippen MR) is 93.9 cm³/mol. The number of rotatable bonds is 3. The average Bonchev–Trinajstić information content (AvgIpc) is 2.94. The summed E-state index contributed by atoms with van der Waals surface area (Å²) in [6.07, 6.45) is 8.04. The average molecular weight is 339 g/mol. The van der Waals surface area contributed by atoms with Crippen molar-refractivity contribution >= 4 is 11.5 Å². The summed E-state index contributed by atoms with van der Waals surface area (Å²) in [5.41, 5.74) is 7.75. The number of hydrogen-bond acceptors (Lipinski definition) is 6. The van der Waals surface area contributed by atoms with Gasteiger partial charge in [0.05, 0.1) is 41.8 Å². The van der Waals surface area contributed by atoms with Crippen molar-refractivity contribution in [2.75, 3.05) is 5.73 Å². The van der Waals surface area contributed by atoms with Crippen LogP contribution in [-0.4, -0.2) is 15.8 Å². The summed E-state index contributed by atoms with van der Waals surface area (Å²) in [6, 6.07) is 4.81. The summed E-state index contributed by atoms with van der Waals surface area (Å²) < 4.78 is 1.92. The van der Waals surface area contributed by atoms with Gasteiger partial charge in [-0.15, -0.1) is 5.11 Å². The highest BCUT2D eigenvalue weighted by Gasteiger charge is 2.31. The van der Waals surface area contributed by atoms with E-state index in [0.717, 1.165) is 25.0 Å². The van der Waals surface area contributed by atoms with Crippen LogP contribution in [0.5, 0.6) is 0 Å². The first-order valence-electron chi connectivity index (χ1n) is 9.18. The van der Waals surface area contributed by atoms with Crippen molar-refractivity contribution in [1.82, 2.24) is 9.78 Å². The summed E-state index contributed by atoms with van der Waals surface area (Å²) in [6.45, 7) is 1.91. The first-order chi connectivity index (χ1) is 12.1. The van der Waals surface area contributed by atoms with E-state index in [-0.39, 0.29) is 17.9 Å². The molecule has 3 atom stereocenters. The Bertz CT molecular complexity index is 715. The second-order valence-electron chi connectivity index (χ2n) is 7.21. The Kier molecular flexibility index (Phi) is 5.33. The molecule has 25 heavy (non-hydrogen) atoms. The summed E-state index contributed by atoms with van der Waals surface area (Å²) >= 11 is 0. The van der Waals surface area contributed by atoms with Gasteiger partial charge in [0.25, 0.3) is 0 Å². The van der Waals surface area contributed by atoms with Crippen LogP contribution in [0.25, 0.3) is 0 Å². The Hall–Kier alpha value is -2.41. The van der Waals surface area contributed by atoms with E-state index in [9.17, 15) is 5.26 Å². The molecule has 3 rings (SSSR count). The fourth-order valence-electron chi connectivity index (χ4n) is 3.97. The van der Waals surface area contributed by atoms with Crippen LogP contribution >= 0.6 is 0 Å². The van der Waals surface area contributed by atoms with E-state index in [4.69, 9.17) is 11.0 Å². The minimum absolute atomic E-state index is 0.0221. The summed E-state index contributed by atoms with van der Waals surface area (Å²) in [5, 5.41) is 31.7. The lowest BCUT2D eigenvalue weighted by Crippen LogP contribution is -2.24. The lowest BCUT2D eigenvalue weighted by Gasteiger charge is -2.25. The largest absolute Gasteiger partial charge is 0.382 e. The van der Waals surface area contributed by atoms with Gasteiger partial charge in [0, 0.05) is 0 Å². The second kappa shape index (κ2) is 7.65. The zero-order chi connectivity index (χ0) is 17.8. The van der Waals surface area contributed by atoms with Crippen LogP contribution in [0, 0.1) is 41.4 Å². The third kappa shape index (κ3) is 3.66. The topological polar surface area (TPSA) is 116 Å². The van der Waals surface area contributed by atoms with Gasteiger partial charge >= 0.3 is 0 Å². The van der Waals surface area contributed by atoms with Crippen LogP contribution < -0.4 is 5.73 Å². The van der Waals surface area contributed by atoms with E-state index in [1.165, 1.54) is 19.3 Å². The molecule has 1 aromatic rings. The number of nitrogens with zero attached hydrogens (tertiary/aromatic N) is 6. The summed E-state index contributed by atoms with van der Waals surface area (Å²) in [4.78, 5) is 0. The molecule has 2 N–H and O–H groups in total. The number of aromatic nitrogens is 2. The molecule has 2 fully saturated rings. The molecule has 1 aromatic heterocycles. The Morgan fingerprint density at radius 3 is 2.48 bits per heavy atom. The number of nitrogens with two attached hydrogens (primary N) is 1. The highest BCUT2D eigenvalue weighted by molar-refractivity contribution is 5.60. The van der Waals surface area contributed by atoms with E-state index in [1.54, 1.807) is 0 Å². The van der Waals surface area contributed by atoms with E-state index in [0.29, 0.717) is 30.4 Å². The van der Waals surface area contributed by atoms with E-state index in [2.05, 4.69) is 27.5 Å². The fraction of sp³-hybridized carbons (Fsp3) is 0.722. The van der Waals surface area contributed by atoms with Gasteiger partial charge in [-0.1, -0.05) is 19.3 Å². The van der Waals surface area contributed by atoms with Crippen molar-refractivity contribution in [3.63, 3.8) is 0 Å². The Morgan fingerprint density at radius 1 is 1.08 bits per heavy atom. The number of nitrogen functional groups attached to an aromatic ring is 1. The molecule has 0 amide bonds. The van der Waals surface area contributed by atoms with Gasteiger partial charge in [-0.25, -0.2) is 4.68 Å². The molecule has 0 aliphatic heterocycles. The molecular weight excluding hydrogens is 314 g/mol. The van der Waals surface area contributed by atoms with Gasteiger partial charge in [0.1, 0.15) is 11.5 Å². The molecule has 0 saturated heterocycles. The lowest BCUT2D eigenvalue weighted by molar-refractivity contribution is 0.312. The maximum absolute atomic E-state index is 9.22. The first-order valence-corrected chi connectivity index (χ1v) is 9.18. The van der Waals surface area contributed by atoms with Crippen LogP contribution in [0.15, 0.2) is 10.2 Å². The van der Waals surface area contributed by atoms with Gasteiger partial charge in [-0.3, -0.25) is 0 Å². The van der Waals surface area contributed by atoms with Gasteiger partial charge < -0.3 is 5.73 Å². The molecule has 7 nitrogen and oxygen atoms in total. The fourth-order valence-corrected chi connectivity index (χ4v) is 3.97. The minimum Gasteiger partial charge on any atom is -0.382 e. The summed E-state index contributed by atoms with van der Waals surface area (Å²) in [5.74, 6) is 0.152. The molecule has 0 spiro atoms. The molecule has 0 bridgehead atoms. The van der Waals surface area contributed by atoms with E-state index >= 15 is 0 Å². The van der Waals surface area contributed by atoms with Crippen molar-refractivity contribution < 1.29 is 0 Å². The van der Waals surface area contributed by atoms with Crippen LogP contribution in [0.3, 0.4) is 0 Å². The molecule has 2 aliphatic rings. The number of hydrogen-bond donors (Lipinski definition) is 1. The molecule has 1 heterocycles. The van der Waals surface area contributed by atoms with Crippen molar-refractivity contribution in [3.05, 3.63) is 5.69 Å². The van der Waals surface area contributed by atoms with Crippen molar-refractivity contribution in [2.45, 2.75) is 70.4 Å². The van der Waals surface area contributed by atoms with Gasteiger partial charge in [0.2, 0.25) is 0 Å². The number of aryl methyl sites for hydroxylation is 1. The van der Waals surface area contributed by atoms with E-state index < -0.39 is 0 Å². The molecule has 0 radical (unpaired) electrons. The number of anilines is 1. The van der Waals surface area contributed by atoms with Gasteiger partial charge in [-0.2, -0.15) is 20.7 Å². The minimum atomic E-state index is -0.258. The van der Waals surface area contributed by atoms with Crippen LogP contribution in [0.2, 0.25) is 0 Å². The predicted octanol–water partition coefficient (Wildman–Crippen LogP) is 4.19. The Morgan fingerprint density at radius 2 is 1.80 bits per heavy atom. The Balaban J connectivity index is 1.73. The monoisotopic (exact) mass is 339 g/mol. The lowest BCUT2D eigenvalue weighted by atomic mass is 9.79. The molecule has 2 saturated carbocycles. The number of nitriles is 2. The van der Waals surface area contributed by atoms with Crippen LogP contribution in [0.4, 0.5) is 11.5 Å². The SMILES string of the molecule is Cc1nn(C2CCCCC2)c(N)c1N=NC1CCC(C#N)C(C#N)C1. The van der Waals surface area contributed by atoms with Crippen molar-refractivity contribution in [3.8, 4) is 12.1 Å². The summed E-state index contributed by atoms with van der Waals surface area (Å²) in [7, 11) is 0. The smallest absolute Gasteiger partial charge is 0.150 e. The maximum atomic E-state index is 9.22. The zero-order valence-electron chi connectivity index (χ0n) is 14.7. The number of azo groups is 1. The van der Waals surface area contributed by atoms with Crippen molar-refractivity contribution in [1.29, 1.82) is 10.5 Å². The molecule has 3 unspecified atom stereocenters. The third-order valence-corrected chi connectivity index (χ3v) is 5.49. The Labute approximate surface area is 148 Å². The first kappa shape index (κ1) is 17.4. The molecule has 7 heteroatoms. The van der Waals surface area contributed by atoms with Gasteiger partial charge in [0.15, 0.2) is 0 Å². The second-order valence-corrected chi connectivity index (χ2v) is 7.21. The van der Waals surface area contributed by atoms with Crippen LogP contribution in [-0.2, 0) is 0 Å². The van der Waals surface area contributed by atoms with Crippen LogP contribution in [0.1, 0.15) is 63.1 Å².